The fourth-order valence-corrected chi connectivity index (χ4v) is 0. The number of hydrogen-bond acceptors (Lipinski definition) is 4. The first-order chi connectivity index (χ1) is 2.56. The molecule has 0 aromatic heterocycles. The van der Waals surface area contributed by atoms with Crippen LogP contribution in [-0.4, -0.2) is 3.76 Å². The van der Waals surface area contributed by atoms with E-state index >= 15 is 0 Å². The minimum atomic E-state index is -4.45. The molecule has 4 nitrogen and oxygen atoms in total. The molecule has 0 saturated carbocycles. The van der Waals surface area contributed by atoms with Gasteiger partial charge >= 0.3 is 41.3 Å². The van der Waals surface area contributed by atoms with Crippen LogP contribution in [0.25, 0.3) is 0 Å². The third kappa shape index (κ3) is 4.59. The predicted molar refractivity (Wildman–Crippen MR) is 15.8 cm³/mol. The van der Waals surface area contributed by atoms with Gasteiger partial charge in [0.15, 0.2) is 0 Å². The van der Waals surface area contributed by atoms with E-state index in [0.29, 0.717) is 0 Å². The Morgan fingerprint density at radius 2 is 2.17 bits per heavy atom. The minimum absolute atomic E-state index is 3.44. The summed E-state index contributed by atoms with van der Waals surface area (Å²) in [6, 6.07) is 0. The van der Waals surface area contributed by atoms with Gasteiger partial charge in [0.2, 0.25) is 0 Å². The van der Waals surface area contributed by atoms with Gasteiger partial charge in [0.1, 0.15) is 0 Å². The van der Waals surface area contributed by atoms with Crippen molar-refractivity contribution in [3.8, 4) is 0 Å². The van der Waals surface area contributed by atoms with Crippen LogP contribution < -0.4 is 5.90 Å². The van der Waals surface area contributed by atoms with Crippen LogP contribution in [-0.2, 0) is 21.9 Å². The molecule has 6 heavy (non-hydrogen) atoms. The first kappa shape index (κ1) is 6.59. The molecule has 1 atom stereocenters. The Morgan fingerprint density at radius 1 is 2.00 bits per heavy atom. The molecule has 6 heteroatoms. The van der Waals surface area contributed by atoms with E-state index in [1.165, 1.54) is 0 Å². The SMILES string of the molecule is N[O][Mo](=[O])([OH])=[S]. The second-order valence-corrected chi connectivity index (χ2v) is 5.59. The molecule has 0 aromatic rings. The average molecular weight is 193 g/mol. The van der Waals surface area contributed by atoms with Gasteiger partial charge in [-0.1, -0.05) is 0 Å². The second kappa shape index (κ2) is 2.04. The van der Waals surface area contributed by atoms with Crippen molar-refractivity contribution in [2.24, 2.45) is 5.90 Å². The van der Waals surface area contributed by atoms with Crippen LogP contribution in [0.2, 0.25) is 0 Å². The zero-order valence-electron chi connectivity index (χ0n) is 2.66. The number of nitrogens with two attached hydrogens (primary N) is 1. The molecule has 0 heterocycles. The molecule has 3 N–H and O–H groups in total. The molecule has 0 radical (unpaired) electrons. The average Bonchev–Trinajstić information content (AvgIpc) is 1.35. The molecule has 1 unspecified atom stereocenters. The maximum absolute atomic E-state index is 9.69. The van der Waals surface area contributed by atoms with Crippen molar-refractivity contribution in [2.75, 3.05) is 0 Å². The van der Waals surface area contributed by atoms with Gasteiger partial charge in [-0.25, -0.2) is 0 Å². The zero-order chi connectivity index (χ0) is 5.21. The zero-order valence-corrected chi connectivity index (χ0v) is 5.48. The van der Waals surface area contributed by atoms with E-state index in [2.05, 4.69) is 19.2 Å². The molecule has 0 aliphatic carbocycles. The maximum atomic E-state index is 9.69. The second-order valence-electron chi connectivity index (χ2n) is 0.524. The summed E-state index contributed by atoms with van der Waals surface area (Å²) in [6.07, 6.45) is 0. The van der Waals surface area contributed by atoms with Crippen LogP contribution in [0.1, 0.15) is 0 Å². The Kier molecular flexibility index (Phi) is 2.24. The van der Waals surface area contributed by atoms with Crippen molar-refractivity contribution in [3.05, 3.63) is 0 Å². The standard InChI is InChI=1S/Mo.H2NO.H2O.O.S/c;1-2;;;/h;1H2;1H2;;/q+2;-1;;;/p-1. The van der Waals surface area contributed by atoms with Crippen molar-refractivity contribution >= 4 is 9.82 Å². The van der Waals surface area contributed by atoms with Crippen molar-refractivity contribution in [3.63, 3.8) is 0 Å². The van der Waals surface area contributed by atoms with Gasteiger partial charge in [-0.05, 0) is 0 Å². The van der Waals surface area contributed by atoms with E-state index in [-0.39, 0.29) is 0 Å². The van der Waals surface area contributed by atoms with E-state index in [1.807, 2.05) is 0 Å². The van der Waals surface area contributed by atoms with Gasteiger partial charge in [0, 0.05) is 0 Å². The normalized spacial score (nSPS) is 19.7. The molecule has 0 aliphatic rings. The summed E-state index contributed by atoms with van der Waals surface area (Å²) in [7, 11) is 3.83. The van der Waals surface area contributed by atoms with Crippen LogP contribution in [0.15, 0.2) is 0 Å². The molecular weight excluding hydrogens is 190 g/mol. The molecule has 0 aliphatic heterocycles. The Morgan fingerprint density at radius 3 is 2.17 bits per heavy atom. The van der Waals surface area contributed by atoms with Gasteiger partial charge in [-0.2, -0.15) is 0 Å². The van der Waals surface area contributed by atoms with Gasteiger partial charge < -0.3 is 0 Å². The van der Waals surface area contributed by atoms with Gasteiger partial charge in [0.25, 0.3) is 0 Å². The predicted octanol–water partition coefficient (Wildman–Crippen LogP) is -0.689. The van der Waals surface area contributed by atoms with Crippen LogP contribution in [0.4, 0.5) is 0 Å². The van der Waals surface area contributed by atoms with Crippen molar-refractivity contribution in [1.82, 2.24) is 0 Å². The van der Waals surface area contributed by atoms with Gasteiger partial charge in [-0.15, -0.1) is 0 Å². The van der Waals surface area contributed by atoms with E-state index in [0.717, 1.165) is 0 Å². The third-order valence-corrected chi connectivity index (χ3v) is 1.18. The molecule has 0 aromatic carbocycles. The summed E-state index contributed by atoms with van der Waals surface area (Å²) in [6.45, 7) is 0. The molecule has 0 amide bonds. The van der Waals surface area contributed by atoms with Crippen LogP contribution in [0, 0.1) is 0 Å². The topological polar surface area (TPSA) is 72.5 Å². The summed E-state index contributed by atoms with van der Waals surface area (Å²) in [5.41, 5.74) is 0. The summed E-state index contributed by atoms with van der Waals surface area (Å²) in [5, 5.41) is 0. The Balaban J connectivity index is 3.85. The van der Waals surface area contributed by atoms with Crippen LogP contribution >= 0.6 is 9.82 Å². The van der Waals surface area contributed by atoms with Crippen molar-refractivity contribution in [1.29, 1.82) is 0 Å². The Hall–Kier alpha value is 0.588. The molecule has 0 bridgehead atoms. The van der Waals surface area contributed by atoms with E-state index < -0.39 is 15.0 Å². The Bertz CT molecular complexity index is 113. The van der Waals surface area contributed by atoms with Crippen molar-refractivity contribution < 1.29 is 25.6 Å². The summed E-state index contributed by atoms with van der Waals surface area (Å²) in [5.74, 6) is 4.22. The van der Waals surface area contributed by atoms with E-state index in [1.54, 1.807) is 0 Å². The molecule has 38 valence electrons. The molecule has 0 rings (SSSR count). The third-order valence-electron chi connectivity index (χ3n) is 0.122. The quantitative estimate of drug-likeness (QED) is 0.426. The fraction of sp³-hybridized carbons (Fsp3) is 0. The van der Waals surface area contributed by atoms with Gasteiger partial charge in [-0.3, -0.25) is 0 Å². The van der Waals surface area contributed by atoms with Crippen molar-refractivity contribution in [2.45, 2.75) is 0 Å². The first-order valence-corrected chi connectivity index (χ1v) is 6.25. The fourth-order valence-electron chi connectivity index (χ4n) is 0. The number of rotatable bonds is 1. The van der Waals surface area contributed by atoms with Gasteiger partial charge in [0.05, 0.1) is 0 Å². The van der Waals surface area contributed by atoms with Crippen LogP contribution in [0.5, 0.6) is 0 Å². The molecule has 0 saturated heterocycles. The van der Waals surface area contributed by atoms with E-state index in [9.17, 15) is 3.40 Å². The van der Waals surface area contributed by atoms with E-state index in [4.69, 9.17) is 3.76 Å². The molecule has 0 spiro atoms. The summed E-state index contributed by atoms with van der Waals surface area (Å²) >= 11 is -4.45. The number of hydrogen-bond donors (Lipinski definition) is 2. The van der Waals surface area contributed by atoms with Crippen LogP contribution in [0.3, 0.4) is 0 Å². The summed E-state index contributed by atoms with van der Waals surface area (Å²) in [4.78, 5) is 0. The Labute approximate surface area is 41.7 Å². The first-order valence-electron chi connectivity index (χ1n) is 0.918. The molecule has 0 fully saturated rings. The monoisotopic (exact) mass is 195 g/mol. The molecular formula is H3MoNO3S. The summed E-state index contributed by atoms with van der Waals surface area (Å²) < 4.78 is 21.1.